The molecule has 0 spiro atoms. The third-order valence-corrected chi connectivity index (χ3v) is 17.7. The second kappa shape index (κ2) is 15.0. The summed E-state index contributed by atoms with van der Waals surface area (Å²) in [7, 11) is 0. The van der Waals surface area contributed by atoms with Gasteiger partial charge in [0.05, 0.1) is 11.0 Å². The second-order valence-corrected chi connectivity index (χ2v) is 21.5. The molecule has 0 N–H and O–H groups in total. The quantitative estimate of drug-likeness (QED) is 0.172. The van der Waals surface area contributed by atoms with Gasteiger partial charge in [0, 0.05) is 104 Å². The van der Waals surface area contributed by atoms with Gasteiger partial charge in [-0.15, -0.1) is 34.0 Å². The monoisotopic (exact) mass is 958 g/mol. The molecule has 0 aliphatic carbocycles. The molecule has 71 heavy (non-hydrogen) atoms. The van der Waals surface area contributed by atoms with Crippen LogP contribution in [0.2, 0.25) is 0 Å². The van der Waals surface area contributed by atoms with Gasteiger partial charge >= 0.3 is 0 Å². The van der Waals surface area contributed by atoms with E-state index < -0.39 is 0 Å². The summed E-state index contributed by atoms with van der Waals surface area (Å²) >= 11 is 5.47. The smallest absolute Gasteiger partial charge is 0.164 e. The molecule has 6 heterocycles. The van der Waals surface area contributed by atoms with E-state index in [4.69, 9.17) is 19.4 Å². The molecule has 0 aliphatic heterocycles. The average Bonchev–Trinajstić information content (AvgIpc) is 4.25. The number of rotatable bonds is 5. The van der Waals surface area contributed by atoms with E-state index in [2.05, 4.69) is 187 Å². The van der Waals surface area contributed by atoms with Gasteiger partial charge in [-0.3, -0.25) is 0 Å². The molecule has 0 saturated carbocycles. The van der Waals surface area contributed by atoms with E-state index in [1.165, 1.54) is 88.4 Å². The SMILES string of the molecule is c1ccc2c(c1)oc1cccc(-c3nc(-c4cccc5sc6ccccc6c45)nc(-c4cccc5sc6ccc(-c7ccc8c(c7)sc7ccc(-n9c%10ccccc%10c%10ccccc%109)cc78)cc6c45)n3)c12. The molecule has 8 heteroatoms. The van der Waals surface area contributed by atoms with Crippen LogP contribution in [0, 0.1) is 0 Å². The third kappa shape index (κ3) is 5.87. The van der Waals surface area contributed by atoms with Crippen LogP contribution in [-0.4, -0.2) is 19.5 Å². The van der Waals surface area contributed by atoms with Crippen molar-refractivity contribution in [2.24, 2.45) is 0 Å². The van der Waals surface area contributed by atoms with Crippen LogP contribution < -0.4 is 0 Å². The Labute approximate surface area is 416 Å². The van der Waals surface area contributed by atoms with Crippen molar-refractivity contribution in [2.75, 3.05) is 0 Å². The van der Waals surface area contributed by atoms with Gasteiger partial charge in [-0.1, -0.05) is 127 Å². The fourth-order valence-corrected chi connectivity index (χ4v) is 14.5. The fraction of sp³-hybridized carbons (Fsp3) is 0. The Bertz CT molecular complexity index is 4730. The summed E-state index contributed by atoms with van der Waals surface area (Å²) in [5.41, 5.74) is 10.5. The zero-order chi connectivity index (χ0) is 46.3. The summed E-state index contributed by atoms with van der Waals surface area (Å²) in [5, 5.41) is 11.8. The lowest BCUT2D eigenvalue weighted by Gasteiger charge is -2.11. The minimum Gasteiger partial charge on any atom is -0.456 e. The largest absolute Gasteiger partial charge is 0.456 e. The zero-order valence-electron chi connectivity index (χ0n) is 37.6. The van der Waals surface area contributed by atoms with Gasteiger partial charge < -0.3 is 8.98 Å². The zero-order valence-corrected chi connectivity index (χ0v) is 40.0. The van der Waals surface area contributed by atoms with Crippen molar-refractivity contribution in [3.63, 3.8) is 0 Å². The number of para-hydroxylation sites is 3. The van der Waals surface area contributed by atoms with Crippen LogP contribution in [0.4, 0.5) is 0 Å². The molecule has 0 amide bonds. The van der Waals surface area contributed by atoms with Crippen LogP contribution in [-0.2, 0) is 0 Å². The summed E-state index contributed by atoms with van der Waals surface area (Å²) in [6.45, 7) is 0. The van der Waals surface area contributed by atoms with Gasteiger partial charge in [-0.05, 0) is 90.0 Å². The predicted molar refractivity (Wildman–Crippen MR) is 302 cm³/mol. The van der Waals surface area contributed by atoms with Gasteiger partial charge in [-0.25, -0.2) is 15.0 Å². The number of thiophene rings is 3. The summed E-state index contributed by atoms with van der Waals surface area (Å²) in [5.74, 6) is 1.88. The van der Waals surface area contributed by atoms with Crippen molar-refractivity contribution >= 4 is 138 Å². The number of benzene rings is 10. The van der Waals surface area contributed by atoms with Gasteiger partial charge in [0.1, 0.15) is 11.2 Å². The molecular formula is C63H34N4OS3. The van der Waals surface area contributed by atoms with Gasteiger partial charge in [0.25, 0.3) is 0 Å². The maximum atomic E-state index is 6.40. The standard InChI is InChI=1S/C63H34N4OS3/c1-5-19-48-38(12-1)39-13-2-6-20-49(39)67(48)37-28-31-53-46(34-37)40-29-26-36(33-57(40)71-53)35-27-30-54-47(32-35)60-45(18-11-25-56(60)70-54)63-65-61(43-16-9-22-51-58(43)41-14-3-7-21-50(41)68-51)64-62(66-63)44-17-10-24-55-59(44)42-15-4-8-23-52(42)69-55/h1-34H. The Balaban J connectivity index is 0.867. The average molecular weight is 959 g/mol. The van der Waals surface area contributed by atoms with E-state index in [0.717, 1.165) is 49.4 Å². The number of hydrogen-bond acceptors (Lipinski definition) is 7. The first-order valence-corrected chi connectivity index (χ1v) is 26.1. The molecule has 6 aromatic heterocycles. The van der Waals surface area contributed by atoms with Gasteiger partial charge in [-0.2, -0.15) is 0 Å². The Morgan fingerprint density at radius 3 is 1.55 bits per heavy atom. The van der Waals surface area contributed by atoms with Crippen molar-refractivity contribution in [2.45, 2.75) is 0 Å². The summed E-state index contributed by atoms with van der Waals surface area (Å²) in [6.07, 6.45) is 0. The Hall–Kier alpha value is -8.53. The first-order valence-electron chi connectivity index (χ1n) is 23.7. The number of aromatic nitrogens is 4. The Morgan fingerprint density at radius 2 is 0.817 bits per heavy atom. The van der Waals surface area contributed by atoms with Crippen molar-refractivity contribution in [1.29, 1.82) is 0 Å². The fourth-order valence-electron chi connectivity index (χ4n) is 11.1. The van der Waals surface area contributed by atoms with Crippen LogP contribution >= 0.6 is 34.0 Å². The highest BCUT2D eigenvalue weighted by Crippen LogP contribution is 2.46. The molecule has 5 nitrogen and oxygen atoms in total. The molecule has 0 radical (unpaired) electrons. The lowest BCUT2D eigenvalue weighted by Crippen LogP contribution is -2.01. The number of furan rings is 1. The Morgan fingerprint density at radius 1 is 0.310 bits per heavy atom. The van der Waals surface area contributed by atoms with Crippen LogP contribution in [0.25, 0.3) is 155 Å². The summed E-state index contributed by atoms with van der Waals surface area (Å²) in [4.78, 5) is 16.3. The molecule has 0 saturated heterocycles. The minimum absolute atomic E-state index is 0.606. The highest BCUT2D eigenvalue weighted by molar-refractivity contribution is 7.26. The van der Waals surface area contributed by atoms with Crippen molar-refractivity contribution in [3.05, 3.63) is 206 Å². The molecular weight excluding hydrogens is 925 g/mol. The molecule has 10 aromatic carbocycles. The number of nitrogens with zero attached hydrogens (tertiary/aromatic N) is 4. The van der Waals surface area contributed by atoms with E-state index in [0.29, 0.717) is 17.5 Å². The lowest BCUT2D eigenvalue weighted by molar-refractivity contribution is 0.669. The van der Waals surface area contributed by atoms with Crippen molar-refractivity contribution < 1.29 is 4.42 Å². The molecule has 16 rings (SSSR count). The van der Waals surface area contributed by atoms with Crippen molar-refractivity contribution in [3.8, 4) is 51.0 Å². The molecule has 0 bridgehead atoms. The molecule has 16 aromatic rings. The number of fused-ring (bicyclic) bond motifs is 15. The van der Waals surface area contributed by atoms with Crippen molar-refractivity contribution in [1.82, 2.24) is 19.5 Å². The van der Waals surface area contributed by atoms with Crippen LogP contribution in [0.15, 0.2) is 211 Å². The van der Waals surface area contributed by atoms with Gasteiger partial charge in [0.2, 0.25) is 0 Å². The van der Waals surface area contributed by atoms with Crippen LogP contribution in [0.3, 0.4) is 0 Å². The van der Waals surface area contributed by atoms with Crippen LogP contribution in [0.5, 0.6) is 0 Å². The van der Waals surface area contributed by atoms with E-state index in [-0.39, 0.29) is 0 Å². The first-order chi connectivity index (χ1) is 35.2. The maximum absolute atomic E-state index is 6.40. The number of hydrogen-bond donors (Lipinski definition) is 0. The normalized spacial score (nSPS) is 12.2. The molecule has 0 unspecified atom stereocenters. The molecule has 0 atom stereocenters. The lowest BCUT2D eigenvalue weighted by atomic mass is 9.99. The third-order valence-electron chi connectivity index (χ3n) is 14.3. The molecule has 0 aliphatic rings. The second-order valence-electron chi connectivity index (χ2n) is 18.2. The van der Waals surface area contributed by atoms with E-state index in [1.807, 2.05) is 46.9 Å². The molecule has 330 valence electrons. The summed E-state index contributed by atoms with van der Waals surface area (Å²) in [6, 6.07) is 74.3. The van der Waals surface area contributed by atoms with Crippen LogP contribution in [0.1, 0.15) is 0 Å². The Kier molecular flexibility index (Phi) is 8.30. The van der Waals surface area contributed by atoms with Gasteiger partial charge in [0.15, 0.2) is 17.5 Å². The van der Waals surface area contributed by atoms with E-state index >= 15 is 0 Å². The highest BCUT2D eigenvalue weighted by atomic mass is 32.1. The maximum Gasteiger partial charge on any atom is 0.164 e. The van der Waals surface area contributed by atoms with E-state index in [1.54, 1.807) is 11.3 Å². The van der Waals surface area contributed by atoms with E-state index in [9.17, 15) is 0 Å². The predicted octanol–water partition coefficient (Wildman–Crippen LogP) is 18.6. The topological polar surface area (TPSA) is 56.7 Å². The molecule has 0 fully saturated rings. The first kappa shape index (κ1) is 39.3. The highest BCUT2D eigenvalue weighted by Gasteiger charge is 2.22. The summed E-state index contributed by atoms with van der Waals surface area (Å²) < 4.78 is 16.2. The minimum atomic E-state index is 0.606.